The van der Waals surface area contributed by atoms with Crippen LogP contribution in [0.1, 0.15) is 24.0 Å². The highest BCUT2D eigenvalue weighted by Crippen LogP contribution is 2.38. The number of aryl methyl sites for hydroxylation is 1. The summed E-state index contributed by atoms with van der Waals surface area (Å²) in [6, 6.07) is 13.7. The Labute approximate surface area is 163 Å². The molecular formula is C23H23NO4. The molecule has 5 rings (SSSR count). The third kappa shape index (κ3) is 3.11. The summed E-state index contributed by atoms with van der Waals surface area (Å²) >= 11 is 0. The largest absolute Gasteiger partial charge is 0.477 e. The van der Waals surface area contributed by atoms with Crippen LogP contribution in [0.2, 0.25) is 0 Å². The molecule has 0 spiro atoms. The van der Waals surface area contributed by atoms with Crippen molar-refractivity contribution < 1.29 is 13.9 Å². The molecule has 0 N–H and O–H groups in total. The molecule has 0 amide bonds. The Morgan fingerprint density at radius 3 is 2.82 bits per heavy atom. The highest BCUT2D eigenvalue weighted by Gasteiger charge is 2.26. The van der Waals surface area contributed by atoms with Gasteiger partial charge in [-0.05, 0) is 37.0 Å². The molecule has 1 saturated heterocycles. The molecule has 2 aliphatic rings. The molecule has 3 aromatic rings. The van der Waals surface area contributed by atoms with Crippen molar-refractivity contribution in [2.45, 2.75) is 32.4 Å². The van der Waals surface area contributed by atoms with Gasteiger partial charge in [-0.1, -0.05) is 30.3 Å². The molecule has 3 heterocycles. The second-order valence-corrected chi connectivity index (χ2v) is 7.63. The Morgan fingerprint density at radius 2 is 2.04 bits per heavy atom. The van der Waals surface area contributed by atoms with Gasteiger partial charge in [-0.15, -0.1) is 0 Å². The molecular weight excluding hydrogens is 354 g/mol. The standard InChI is InChI=1S/C23H23NO4/c1-15-22-17(12-24(14-27-22)13-18-8-5-9-26-18)10-20-19(11-21(25)28-23(15)20)16-6-3-2-4-7-16/h2-4,6-7,10-11,18H,5,8-9,12-14H2,1H3/t18-/m1/s1. The SMILES string of the molecule is Cc1c2c(cc3c(-c4ccccc4)cc(=O)oc13)CN(C[C@H]1CCCO1)CO2. The lowest BCUT2D eigenvalue weighted by atomic mass is 9.97. The van der Waals surface area contributed by atoms with Gasteiger partial charge in [-0.25, -0.2) is 4.79 Å². The van der Waals surface area contributed by atoms with Crippen LogP contribution in [-0.2, 0) is 11.3 Å². The molecule has 0 aliphatic carbocycles. The van der Waals surface area contributed by atoms with E-state index in [2.05, 4.69) is 11.0 Å². The summed E-state index contributed by atoms with van der Waals surface area (Å²) in [5.41, 5.74) is 4.18. The van der Waals surface area contributed by atoms with E-state index in [4.69, 9.17) is 13.9 Å². The van der Waals surface area contributed by atoms with Crippen LogP contribution in [0.5, 0.6) is 5.75 Å². The smallest absolute Gasteiger partial charge is 0.336 e. The summed E-state index contributed by atoms with van der Waals surface area (Å²) < 4.78 is 17.4. The first-order valence-corrected chi connectivity index (χ1v) is 9.81. The summed E-state index contributed by atoms with van der Waals surface area (Å²) in [6.07, 6.45) is 2.55. The van der Waals surface area contributed by atoms with Crippen molar-refractivity contribution in [1.82, 2.24) is 4.90 Å². The fraction of sp³-hybridized carbons (Fsp3) is 0.348. The number of fused-ring (bicyclic) bond motifs is 2. The number of nitrogens with zero attached hydrogens (tertiary/aromatic N) is 1. The van der Waals surface area contributed by atoms with Crippen molar-refractivity contribution in [1.29, 1.82) is 0 Å². The first-order valence-electron chi connectivity index (χ1n) is 9.81. The predicted octanol–water partition coefficient (Wildman–Crippen LogP) is 4.10. The summed E-state index contributed by atoms with van der Waals surface area (Å²) in [4.78, 5) is 14.5. The molecule has 1 aromatic heterocycles. The topological polar surface area (TPSA) is 51.9 Å². The van der Waals surface area contributed by atoms with E-state index in [1.54, 1.807) is 6.07 Å². The first-order chi connectivity index (χ1) is 13.7. The molecule has 0 radical (unpaired) electrons. The molecule has 0 saturated carbocycles. The lowest BCUT2D eigenvalue weighted by Crippen LogP contribution is -2.37. The third-order valence-corrected chi connectivity index (χ3v) is 5.65. The maximum absolute atomic E-state index is 12.2. The average Bonchev–Trinajstić information content (AvgIpc) is 3.22. The quantitative estimate of drug-likeness (QED) is 0.643. The zero-order valence-corrected chi connectivity index (χ0v) is 15.9. The van der Waals surface area contributed by atoms with Gasteiger partial charge < -0.3 is 13.9 Å². The highest BCUT2D eigenvalue weighted by atomic mass is 16.5. The molecule has 144 valence electrons. The number of rotatable bonds is 3. The minimum atomic E-state index is -0.342. The van der Waals surface area contributed by atoms with Crippen LogP contribution in [0.3, 0.4) is 0 Å². The minimum Gasteiger partial charge on any atom is -0.477 e. The Balaban J connectivity index is 1.59. The summed E-state index contributed by atoms with van der Waals surface area (Å²) in [5, 5.41) is 0.949. The van der Waals surface area contributed by atoms with E-state index in [0.29, 0.717) is 18.4 Å². The number of hydrogen-bond donors (Lipinski definition) is 0. The van der Waals surface area contributed by atoms with Crippen molar-refractivity contribution in [3.63, 3.8) is 0 Å². The molecule has 0 unspecified atom stereocenters. The van der Waals surface area contributed by atoms with Crippen LogP contribution in [0.15, 0.2) is 51.7 Å². The van der Waals surface area contributed by atoms with Gasteiger partial charge in [0.2, 0.25) is 0 Å². The molecule has 28 heavy (non-hydrogen) atoms. The van der Waals surface area contributed by atoms with Gasteiger partial charge in [0.05, 0.1) is 6.10 Å². The van der Waals surface area contributed by atoms with Crippen molar-refractivity contribution in [2.24, 2.45) is 0 Å². The minimum absolute atomic E-state index is 0.296. The van der Waals surface area contributed by atoms with Gasteiger partial charge in [0.25, 0.3) is 0 Å². The maximum atomic E-state index is 12.2. The van der Waals surface area contributed by atoms with Crippen LogP contribution in [-0.4, -0.2) is 30.9 Å². The second-order valence-electron chi connectivity index (χ2n) is 7.63. The van der Waals surface area contributed by atoms with E-state index in [1.807, 2.05) is 37.3 Å². The van der Waals surface area contributed by atoms with Crippen molar-refractivity contribution in [3.05, 3.63) is 64.0 Å². The summed E-state index contributed by atoms with van der Waals surface area (Å²) in [5.74, 6) is 0.837. The molecule has 1 atom stereocenters. The number of ether oxygens (including phenoxy) is 2. The van der Waals surface area contributed by atoms with Crippen molar-refractivity contribution in [3.8, 4) is 16.9 Å². The molecule has 5 heteroatoms. The van der Waals surface area contributed by atoms with Crippen LogP contribution in [0.25, 0.3) is 22.1 Å². The Morgan fingerprint density at radius 1 is 1.18 bits per heavy atom. The van der Waals surface area contributed by atoms with Crippen LogP contribution < -0.4 is 10.4 Å². The molecule has 0 bridgehead atoms. The van der Waals surface area contributed by atoms with E-state index < -0.39 is 0 Å². The average molecular weight is 377 g/mol. The second kappa shape index (κ2) is 7.08. The summed E-state index contributed by atoms with van der Waals surface area (Å²) in [7, 11) is 0. The highest BCUT2D eigenvalue weighted by molar-refractivity contribution is 5.96. The number of benzene rings is 2. The Kier molecular flexibility index (Phi) is 4.41. The van der Waals surface area contributed by atoms with Gasteiger partial charge in [-0.3, -0.25) is 4.90 Å². The lowest BCUT2D eigenvalue weighted by molar-refractivity contribution is 0.0277. The summed E-state index contributed by atoms with van der Waals surface area (Å²) in [6.45, 7) is 5.04. The third-order valence-electron chi connectivity index (χ3n) is 5.65. The zero-order valence-electron chi connectivity index (χ0n) is 15.9. The van der Waals surface area contributed by atoms with Gasteiger partial charge in [0.15, 0.2) is 0 Å². The van der Waals surface area contributed by atoms with Crippen LogP contribution in [0, 0.1) is 6.92 Å². The van der Waals surface area contributed by atoms with Gasteiger partial charge >= 0.3 is 5.63 Å². The molecule has 2 aromatic carbocycles. The molecule has 1 fully saturated rings. The monoisotopic (exact) mass is 377 g/mol. The Hall–Kier alpha value is -2.63. The molecule has 5 nitrogen and oxygen atoms in total. The lowest BCUT2D eigenvalue weighted by Gasteiger charge is -2.31. The van der Waals surface area contributed by atoms with E-state index in [0.717, 1.165) is 65.9 Å². The van der Waals surface area contributed by atoms with Gasteiger partial charge in [0, 0.05) is 42.3 Å². The van der Waals surface area contributed by atoms with E-state index >= 15 is 0 Å². The number of hydrogen-bond acceptors (Lipinski definition) is 5. The fourth-order valence-electron chi connectivity index (χ4n) is 4.32. The van der Waals surface area contributed by atoms with Crippen molar-refractivity contribution in [2.75, 3.05) is 19.9 Å². The predicted molar refractivity (Wildman–Crippen MR) is 108 cm³/mol. The fourth-order valence-corrected chi connectivity index (χ4v) is 4.32. The van der Waals surface area contributed by atoms with E-state index in [-0.39, 0.29) is 5.63 Å². The van der Waals surface area contributed by atoms with E-state index in [1.165, 1.54) is 0 Å². The van der Waals surface area contributed by atoms with Crippen molar-refractivity contribution >= 4 is 11.0 Å². The maximum Gasteiger partial charge on any atom is 0.336 e. The van der Waals surface area contributed by atoms with E-state index in [9.17, 15) is 4.79 Å². The van der Waals surface area contributed by atoms with Gasteiger partial charge in [0.1, 0.15) is 18.1 Å². The van der Waals surface area contributed by atoms with Crippen LogP contribution >= 0.6 is 0 Å². The first kappa shape index (κ1) is 17.5. The molecule has 2 aliphatic heterocycles. The normalized spacial score (nSPS) is 19.5. The van der Waals surface area contributed by atoms with Gasteiger partial charge in [-0.2, -0.15) is 0 Å². The Bertz CT molecular complexity index is 1070. The zero-order chi connectivity index (χ0) is 19.1. The van der Waals surface area contributed by atoms with Crippen LogP contribution in [0.4, 0.5) is 0 Å².